The summed E-state index contributed by atoms with van der Waals surface area (Å²) in [7, 11) is 0. The molecular formula is C22H26N4O2S. The van der Waals surface area contributed by atoms with Gasteiger partial charge in [-0.15, -0.1) is 11.3 Å². The number of para-hydroxylation sites is 1. The molecule has 6 nitrogen and oxygen atoms in total. The van der Waals surface area contributed by atoms with E-state index in [0.717, 1.165) is 47.1 Å². The summed E-state index contributed by atoms with van der Waals surface area (Å²) in [6.45, 7) is 9.32. The number of aryl methyl sites for hydroxylation is 3. The van der Waals surface area contributed by atoms with Crippen molar-refractivity contribution in [3.8, 4) is 5.75 Å². The number of hydrogen-bond acceptors (Lipinski definition) is 6. The third-order valence-electron chi connectivity index (χ3n) is 5.41. The molecule has 0 atom stereocenters. The molecule has 1 aromatic carbocycles. The topological polar surface area (TPSA) is 58.6 Å². The molecule has 0 unspecified atom stereocenters. The monoisotopic (exact) mass is 410 g/mol. The summed E-state index contributed by atoms with van der Waals surface area (Å²) in [5.74, 6) is 2.64. The highest BCUT2D eigenvalue weighted by molar-refractivity contribution is 7.18. The molecule has 3 heterocycles. The van der Waals surface area contributed by atoms with Gasteiger partial charge in [0, 0.05) is 37.5 Å². The van der Waals surface area contributed by atoms with Gasteiger partial charge in [-0.2, -0.15) is 0 Å². The number of rotatable bonds is 5. The fourth-order valence-electron chi connectivity index (χ4n) is 3.58. The van der Waals surface area contributed by atoms with Gasteiger partial charge in [-0.1, -0.05) is 25.1 Å². The summed E-state index contributed by atoms with van der Waals surface area (Å²) in [5, 5.41) is 1.16. The van der Waals surface area contributed by atoms with Crippen LogP contribution in [0.15, 0.2) is 30.3 Å². The molecular weight excluding hydrogens is 384 g/mol. The number of hydrogen-bond donors (Lipinski definition) is 0. The predicted octanol–water partition coefficient (Wildman–Crippen LogP) is 3.60. The summed E-state index contributed by atoms with van der Waals surface area (Å²) in [6.07, 6.45) is 0.814. The molecule has 0 radical (unpaired) electrons. The smallest absolute Gasteiger partial charge is 0.260 e. The van der Waals surface area contributed by atoms with Gasteiger partial charge in [0.1, 0.15) is 22.2 Å². The van der Waals surface area contributed by atoms with Gasteiger partial charge in [0.25, 0.3) is 5.91 Å². The maximum atomic E-state index is 12.5. The molecule has 7 heteroatoms. The van der Waals surface area contributed by atoms with Crippen molar-refractivity contribution in [2.75, 3.05) is 37.7 Å². The van der Waals surface area contributed by atoms with E-state index >= 15 is 0 Å². The van der Waals surface area contributed by atoms with Gasteiger partial charge in [0.2, 0.25) is 0 Å². The quantitative estimate of drug-likeness (QED) is 0.643. The number of nitrogens with zero attached hydrogens (tertiary/aromatic N) is 4. The number of carbonyl (C=O) groups is 1. The van der Waals surface area contributed by atoms with E-state index in [2.05, 4.69) is 25.7 Å². The Kier molecular flexibility index (Phi) is 5.67. The molecule has 1 fully saturated rings. The second-order valence-corrected chi connectivity index (χ2v) is 8.45. The van der Waals surface area contributed by atoms with E-state index in [4.69, 9.17) is 14.7 Å². The number of thiophene rings is 1. The van der Waals surface area contributed by atoms with E-state index in [0.29, 0.717) is 13.1 Å². The van der Waals surface area contributed by atoms with Crippen LogP contribution in [-0.4, -0.2) is 53.6 Å². The fraction of sp³-hybridized carbons (Fsp3) is 0.409. The van der Waals surface area contributed by atoms with Crippen molar-refractivity contribution < 1.29 is 9.53 Å². The zero-order chi connectivity index (χ0) is 20.4. The van der Waals surface area contributed by atoms with Crippen LogP contribution in [0.2, 0.25) is 0 Å². The predicted molar refractivity (Wildman–Crippen MR) is 117 cm³/mol. The second kappa shape index (κ2) is 8.37. The lowest BCUT2D eigenvalue weighted by atomic mass is 10.2. The summed E-state index contributed by atoms with van der Waals surface area (Å²) in [6, 6.07) is 9.46. The average molecular weight is 411 g/mol. The molecule has 1 amide bonds. The SMILES string of the molecule is CCc1nc(N2CCN(C(=O)COc3ccccc3)CC2)c2c(C)c(C)sc2n1. The van der Waals surface area contributed by atoms with E-state index in [1.807, 2.05) is 35.2 Å². The van der Waals surface area contributed by atoms with Crippen LogP contribution < -0.4 is 9.64 Å². The van der Waals surface area contributed by atoms with Gasteiger partial charge >= 0.3 is 0 Å². The lowest BCUT2D eigenvalue weighted by Crippen LogP contribution is -2.50. The Hall–Kier alpha value is -2.67. The number of carbonyl (C=O) groups excluding carboxylic acids is 1. The fourth-order valence-corrected chi connectivity index (χ4v) is 4.62. The molecule has 2 aromatic heterocycles. The van der Waals surface area contributed by atoms with E-state index in [9.17, 15) is 4.79 Å². The van der Waals surface area contributed by atoms with Crippen molar-refractivity contribution >= 4 is 33.3 Å². The molecule has 29 heavy (non-hydrogen) atoms. The average Bonchev–Trinajstić information content (AvgIpc) is 3.05. The summed E-state index contributed by atoms with van der Waals surface area (Å²) < 4.78 is 5.61. The largest absolute Gasteiger partial charge is 0.484 e. The third-order valence-corrected chi connectivity index (χ3v) is 6.51. The van der Waals surface area contributed by atoms with Crippen LogP contribution in [0.1, 0.15) is 23.2 Å². The Morgan fingerprint density at radius 1 is 1.10 bits per heavy atom. The lowest BCUT2D eigenvalue weighted by Gasteiger charge is -2.35. The first kappa shape index (κ1) is 19.6. The Bertz CT molecular complexity index is 1010. The molecule has 0 bridgehead atoms. The standard InChI is InChI=1S/C22H26N4O2S/c1-4-18-23-21(20-15(2)16(3)29-22(20)24-18)26-12-10-25(11-13-26)19(27)14-28-17-8-6-5-7-9-17/h5-9H,4,10-14H2,1-3H3. The number of amides is 1. The van der Waals surface area contributed by atoms with Crippen LogP contribution in [0.5, 0.6) is 5.75 Å². The number of piperazine rings is 1. The number of benzene rings is 1. The Morgan fingerprint density at radius 3 is 2.52 bits per heavy atom. The summed E-state index contributed by atoms with van der Waals surface area (Å²) >= 11 is 1.74. The zero-order valence-electron chi connectivity index (χ0n) is 17.1. The second-order valence-electron chi connectivity index (χ2n) is 7.25. The highest BCUT2D eigenvalue weighted by Gasteiger charge is 2.25. The van der Waals surface area contributed by atoms with Crippen LogP contribution in [0, 0.1) is 13.8 Å². The van der Waals surface area contributed by atoms with Crippen molar-refractivity contribution in [1.82, 2.24) is 14.9 Å². The minimum absolute atomic E-state index is 0.0261. The third kappa shape index (κ3) is 4.05. The number of anilines is 1. The molecule has 0 N–H and O–H groups in total. The number of fused-ring (bicyclic) bond motifs is 1. The van der Waals surface area contributed by atoms with E-state index in [1.54, 1.807) is 11.3 Å². The first-order valence-electron chi connectivity index (χ1n) is 10.0. The maximum absolute atomic E-state index is 12.5. The molecule has 3 aromatic rings. The number of ether oxygens (including phenoxy) is 1. The molecule has 0 saturated carbocycles. The molecule has 1 aliphatic rings. The van der Waals surface area contributed by atoms with E-state index in [1.165, 1.54) is 10.4 Å². The van der Waals surface area contributed by atoms with Gasteiger partial charge in [-0.3, -0.25) is 4.79 Å². The minimum atomic E-state index is 0.0261. The molecule has 152 valence electrons. The van der Waals surface area contributed by atoms with Gasteiger partial charge in [-0.05, 0) is 31.5 Å². The van der Waals surface area contributed by atoms with Crippen LogP contribution >= 0.6 is 11.3 Å². The molecule has 0 aliphatic carbocycles. The zero-order valence-corrected chi connectivity index (χ0v) is 18.0. The number of aromatic nitrogens is 2. The molecule has 0 spiro atoms. The minimum Gasteiger partial charge on any atom is -0.484 e. The Balaban J connectivity index is 1.45. The van der Waals surface area contributed by atoms with E-state index < -0.39 is 0 Å². The summed E-state index contributed by atoms with van der Waals surface area (Å²) in [4.78, 5) is 28.7. The highest BCUT2D eigenvalue weighted by Crippen LogP contribution is 2.35. The van der Waals surface area contributed by atoms with E-state index in [-0.39, 0.29) is 12.5 Å². The lowest BCUT2D eigenvalue weighted by molar-refractivity contribution is -0.133. The van der Waals surface area contributed by atoms with Crippen molar-refractivity contribution in [3.05, 3.63) is 46.6 Å². The van der Waals surface area contributed by atoms with Gasteiger partial charge in [0.05, 0.1) is 5.39 Å². The van der Waals surface area contributed by atoms with Crippen LogP contribution in [0.4, 0.5) is 5.82 Å². The van der Waals surface area contributed by atoms with Crippen LogP contribution in [0.25, 0.3) is 10.2 Å². The molecule has 4 rings (SSSR count). The molecule has 1 aliphatic heterocycles. The van der Waals surface area contributed by atoms with Gasteiger partial charge < -0.3 is 14.5 Å². The Morgan fingerprint density at radius 2 is 1.83 bits per heavy atom. The van der Waals surface area contributed by atoms with Gasteiger partial charge in [-0.25, -0.2) is 9.97 Å². The van der Waals surface area contributed by atoms with Crippen LogP contribution in [-0.2, 0) is 11.2 Å². The van der Waals surface area contributed by atoms with Crippen molar-refractivity contribution in [1.29, 1.82) is 0 Å². The van der Waals surface area contributed by atoms with Crippen molar-refractivity contribution in [2.45, 2.75) is 27.2 Å². The van der Waals surface area contributed by atoms with Crippen molar-refractivity contribution in [3.63, 3.8) is 0 Å². The first-order valence-corrected chi connectivity index (χ1v) is 10.9. The van der Waals surface area contributed by atoms with Crippen LogP contribution in [0.3, 0.4) is 0 Å². The van der Waals surface area contributed by atoms with Crippen molar-refractivity contribution in [2.24, 2.45) is 0 Å². The summed E-state index contributed by atoms with van der Waals surface area (Å²) in [5.41, 5.74) is 1.26. The first-order chi connectivity index (χ1) is 14.1. The molecule has 1 saturated heterocycles. The maximum Gasteiger partial charge on any atom is 0.260 e. The van der Waals surface area contributed by atoms with Gasteiger partial charge in [0.15, 0.2) is 6.61 Å². The normalized spacial score (nSPS) is 14.4. The Labute approximate surface area is 175 Å². The highest BCUT2D eigenvalue weighted by atomic mass is 32.1.